The number of carbonyl (C=O) groups excluding carboxylic acids is 1. The van der Waals surface area contributed by atoms with Crippen molar-refractivity contribution in [3.05, 3.63) is 53.3 Å². The Morgan fingerprint density at radius 2 is 2.08 bits per heavy atom. The molecule has 1 aromatic heterocycles. The molecule has 3 rings (SSSR count). The molecule has 1 atom stereocenters. The Hall–Kier alpha value is -2.14. The Morgan fingerprint density at radius 3 is 2.75 bits per heavy atom. The van der Waals surface area contributed by atoms with Crippen LogP contribution in [0.1, 0.15) is 34.5 Å². The van der Waals surface area contributed by atoms with Crippen LogP contribution < -0.4 is 0 Å². The lowest BCUT2D eigenvalue weighted by Gasteiger charge is -2.32. The lowest BCUT2D eigenvalue weighted by Crippen LogP contribution is -2.40. The highest BCUT2D eigenvalue weighted by Gasteiger charge is 2.24. The van der Waals surface area contributed by atoms with Gasteiger partial charge in [0.25, 0.3) is 5.91 Å². The fraction of sp³-hybridized carbons (Fsp3) is 0.474. The van der Waals surface area contributed by atoms with Crippen molar-refractivity contribution in [2.24, 2.45) is 5.92 Å². The van der Waals surface area contributed by atoms with E-state index in [-0.39, 0.29) is 5.91 Å². The fourth-order valence-corrected chi connectivity index (χ4v) is 3.43. The average Bonchev–Trinajstić information content (AvgIpc) is 3.07. The number of hydrogen-bond acceptors (Lipinski definition) is 3. The number of benzene rings is 1. The molecule has 5 heteroatoms. The summed E-state index contributed by atoms with van der Waals surface area (Å²) in [5.41, 5.74) is 3.18. The van der Waals surface area contributed by atoms with Gasteiger partial charge in [-0.25, -0.2) is 0 Å². The quantitative estimate of drug-likeness (QED) is 0.919. The van der Waals surface area contributed by atoms with E-state index in [0.717, 1.165) is 43.7 Å². The van der Waals surface area contributed by atoms with E-state index >= 15 is 0 Å². The van der Waals surface area contributed by atoms with Crippen LogP contribution in [0.4, 0.5) is 0 Å². The zero-order chi connectivity index (χ0) is 16.9. The molecule has 0 unspecified atom stereocenters. The van der Waals surface area contributed by atoms with E-state index < -0.39 is 0 Å². The lowest BCUT2D eigenvalue weighted by atomic mass is 9.93. The Bertz CT molecular complexity index is 649. The van der Waals surface area contributed by atoms with Gasteiger partial charge >= 0.3 is 0 Å². The van der Waals surface area contributed by atoms with Crippen LogP contribution in [-0.2, 0) is 13.0 Å². The van der Waals surface area contributed by atoms with Gasteiger partial charge in [-0.15, -0.1) is 0 Å². The second kappa shape index (κ2) is 7.62. The number of hydrogen-bond donors (Lipinski definition) is 1. The normalized spacial score (nSPS) is 18.1. The molecule has 2 aromatic rings. The summed E-state index contributed by atoms with van der Waals surface area (Å²) in [7, 11) is 4.10. The van der Waals surface area contributed by atoms with E-state index in [1.807, 2.05) is 37.2 Å². The predicted octanol–water partition coefficient (Wildman–Crippen LogP) is 2.57. The van der Waals surface area contributed by atoms with E-state index in [0.29, 0.717) is 5.92 Å². The molecule has 0 bridgehead atoms. The number of amides is 1. The van der Waals surface area contributed by atoms with Gasteiger partial charge in [0.1, 0.15) is 0 Å². The van der Waals surface area contributed by atoms with Gasteiger partial charge in [-0.2, -0.15) is 5.10 Å². The molecular formula is C19H26N4O. The van der Waals surface area contributed by atoms with E-state index in [1.54, 1.807) is 6.20 Å². The van der Waals surface area contributed by atoms with Gasteiger partial charge < -0.3 is 9.80 Å². The molecular weight excluding hydrogens is 300 g/mol. The number of aromatic nitrogens is 2. The number of likely N-dealkylation sites (tertiary alicyclic amines) is 1. The topological polar surface area (TPSA) is 52.2 Å². The molecule has 1 aliphatic rings. The summed E-state index contributed by atoms with van der Waals surface area (Å²) in [5.74, 6) is 0.664. The van der Waals surface area contributed by atoms with Crippen LogP contribution in [0.25, 0.3) is 0 Å². The summed E-state index contributed by atoms with van der Waals surface area (Å²) in [6, 6.07) is 10.0. The van der Waals surface area contributed by atoms with Crippen LogP contribution in [0, 0.1) is 5.92 Å². The largest absolute Gasteiger partial charge is 0.338 e. The van der Waals surface area contributed by atoms with Crippen molar-refractivity contribution >= 4 is 5.91 Å². The average molecular weight is 326 g/mol. The first-order valence-corrected chi connectivity index (χ1v) is 8.63. The predicted molar refractivity (Wildman–Crippen MR) is 94.8 cm³/mol. The van der Waals surface area contributed by atoms with Crippen molar-refractivity contribution in [3.63, 3.8) is 0 Å². The Labute approximate surface area is 143 Å². The van der Waals surface area contributed by atoms with Gasteiger partial charge in [-0.1, -0.05) is 12.1 Å². The van der Waals surface area contributed by atoms with Crippen molar-refractivity contribution < 1.29 is 4.79 Å². The lowest BCUT2D eigenvalue weighted by molar-refractivity contribution is 0.0673. The molecule has 0 radical (unpaired) electrons. The van der Waals surface area contributed by atoms with Crippen LogP contribution in [0.2, 0.25) is 0 Å². The van der Waals surface area contributed by atoms with E-state index in [2.05, 4.69) is 27.2 Å². The molecule has 1 aliphatic heterocycles. The third-order valence-corrected chi connectivity index (χ3v) is 4.57. The monoisotopic (exact) mass is 326 g/mol. The first-order valence-electron chi connectivity index (χ1n) is 8.63. The van der Waals surface area contributed by atoms with Crippen LogP contribution in [-0.4, -0.2) is 53.1 Å². The third-order valence-electron chi connectivity index (χ3n) is 4.57. The Morgan fingerprint density at radius 1 is 1.29 bits per heavy atom. The zero-order valence-electron chi connectivity index (χ0n) is 14.5. The molecule has 5 nitrogen and oxygen atoms in total. The number of nitrogens with zero attached hydrogens (tertiary/aromatic N) is 3. The number of rotatable bonds is 5. The number of piperidine rings is 1. The smallest absolute Gasteiger partial charge is 0.253 e. The van der Waals surface area contributed by atoms with Gasteiger partial charge in [-0.05, 0) is 63.0 Å². The number of nitrogens with one attached hydrogen (secondary N) is 1. The van der Waals surface area contributed by atoms with Gasteiger partial charge in [0.15, 0.2) is 0 Å². The molecule has 1 N–H and O–H groups in total. The molecule has 0 saturated carbocycles. The van der Waals surface area contributed by atoms with Crippen LogP contribution in [0.3, 0.4) is 0 Å². The maximum atomic E-state index is 12.8. The molecule has 1 fully saturated rings. The third kappa shape index (κ3) is 4.23. The summed E-state index contributed by atoms with van der Waals surface area (Å²) in [6.07, 6.45) is 5.00. The minimum atomic E-state index is 0.153. The summed E-state index contributed by atoms with van der Waals surface area (Å²) in [6.45, 7) is 2.58. The molecule has 0 spiro atoms. The molecule has 2 heterocycles. The van der Waals surface area contributed by atoms with E-state index in [1.165, 1.54) is 12.0 Å². The van der Waals surface area contributed by atoms with Crippen molar-refractivity contribution in [2.45, 2.75) is 25.8 Å². The van der Waals surface area contributed by atoms with Crippen molar-refractivity contribution in [1.82, 2.24) is 20.0 Å². The maximum Gasteiger partial charge on any atom is 0.253 e. The number of carbonyl (C=O) groups is 1. The molecule has 0 aliphatic carbocycles. The standard InChI is InChI=1S/C19H26N4O/c1-22(2)13-15-5-7-17(8-6-15)19(24)23-11-3-4-16(14-23)12-18-9-10-20-21-18/h5-10,16H,3-4,11-14H2,1-2H3,(H,20,21)/t16-/m1/s1. The first kappa shape index (κ1) is 16.7. The molecule has 1 amide bonds. The van der Waals surface area contributed by atoms with Crippen LogP contribution >= 0.6 is 0 Å². The number of H-pyrrole nitrogens is 1. The summed E-state index contributed by atoms with van der Waals surface area (Å²) in [5, 5.41) is 7.03. The molecule has 1 saturated heterocycles. The Kier molecular flexibility index (Phi) is 5.30. The van der Waals surface area contributed by atoms with Crippen molar-refractivity contribution in [2.75, 3.05) is 27.2 Å². The van der Waals surface area contributed by atoms with Gasteiger partial charge in [0.2, 0.25) is 0 Å². The van der Waals surface area contributed by atoms with Crippen LogP contribution in [0.5, 0.6) is 0 Å². The second-order valence-corrected chi connectivity index (χ2v) is 6.98. The van der Waals surface area contributed by atoms with Crippen molar-refractivity contribution in [1.29, 1.82) is 0 Å². The molecule has 1 aromatic carbocycles. The highest BCUT2D eigenvalue weighted by molar-refractivity contribution is 5.94. The van der Waals surface area contributed by atoms with Crippen LogP contribution in [0.15, 0.2) is 36.5 Å². The highest BCUT2D eigenvalue weighted by Crippen LogP contribution is 2.22. The SMILES string of the molecule is CN(C)Cc1ccc(C(=O)N2CCC[C@H](Cc3ccn[nH]3)C2)cc1. The van der Waals surface area contributed by atoms with Crippen molar-refractivity contribution in [3.8, 4) is 0 Å². The molecule has 24 heavy (non-hydrogen) atoms. The summed E-state index contributed by atoms with van der Waals surface area (Å²) < 4.78 is 0. The minimum absolute atomic E-state index is 0.153. The minimum Gasteiger partial charge on any atom is -0.338 e. The van der Waals surface area contributed by atoms with Gasteiger partial charge in [0, 0.05) is 37.1 Å². The zero-order valence-corrected chi connectivity index (χ0v) is 14.5. The first-order chi connectivity index (χ1) is 11.6. The maximum absolute atomic E-state index is 12.8. The van der Waals surface area contributed by atoms with E-state index in [9.17, 15) is 4.79 Å². The van der Waals surface area contributed by atoms with E-state index in [4.69, 9.17) is 0 Å². The fourth-order valence-electron chi connectivity index (χ4n) is 3.43. The summed E-state index contributed by atoms with van der Waals surface area (Å²) in [4.78, 5) is 16.9. The second-order valence-electron chi connectivity index (χ2n) is 6.98. The summed E-state index contributed by atoms with van der Waals surface area (Å²) >= 11 is 0. The molecule has 128 valence electrons. The highest BCUT2D eigenvalue weighted by atomic mass is 16.2. The number of aromatic amines is 1. The van der Waals surface area contributed by atoms with Gasteiger partial charge in [-0.3, -0.25) is 9.89 Å². The van der Waals surface area contributed by atoms with Gasteiger partial charge in [0.05, 0.1) is 0 Å². The Balaban J connectivity index is 1.61.